The zero-order valence-electron chi connectivity index (χ0n) is 12.6. The molecule has 0 saturated carbocycles. The standard InChI is InChI=1S/C16H26N2O2/c1-4-9-18(10-12-19-3)11-13-20-16-7-5-15(6-8-16)14-17-2/h4-8,17H,1,9-14H2,2-3H3. The summed E-state index contributed by atoms with van der Waals surface area (Å²) >= 11 is 0. The van der Waals surface area contributed by atoms with Crippen LogP contribution in [0.25, 0.3) is 0 Å². The summed E-state index contributed by atoms with van der Waals surface area (Å²) in [5.74, 6) is 0.912. The topological polar surface area (TPSA) is 33.7 Å². The number of nitrogens with one attached hydrogen (secondary N) is 1. The SMILES string of the molecule is C=CCN(CCOC)CCOc1ccc(CNC)cc1. The van der Waals surface area contributed by atoms with Crippen LogP contribution in [0.1, 0.15) is 5.56 Å². The van der Waals surface area contributed by atoms with Crippen LogP contribution in [-0.4, -0.2) is 51.9 Å². The molecule has 4 nitrogen and oxygen atoms in total. The molecule has 112 valence electrons. The lowest BCUT2D eigenvalue weighted by Crippen LogP contribution is -2.31. The number of ether oxygens (including phenoxy) is 2. The van der Waals surface area contributed by atoms with Crippen molar-refractivity contribution >= 4 is 0 Å². The number of benzene rings is 1. The quantitative estimate of drug-likeness (QED) is 0.627. The molecule has 0 aliphatic rings. The second-order valence-electron chi connectivity index (χ2n) is 4.60. The molecule has 1 rings (SSSR count). The van der Waals surface area contributed by atoms with Crippen molar-refractivity contribution in [2.24, 2.45) is 0 Å². The van der Waals surface area contributed by atoms with Crippen molar-refractivity contribution in [3.05, 3.63) is 42.5 Å². The molecule has 1 aromatic rings. The molecule has 1 aromatic carbocycles. The Kier molecular flexibility index (Phi) is 8.71. The highest BCUT2D eigenvalue weighted by Gasteiger charge is 2.03. The lowest BCUT2D eigenvalue weighted by molar-refractivity contribution is 0.142. The molecular weight excluding hydrogens is 252 g/mol. The van der Waals surface area contributed by atoms with E-state index in [4.69, 9.17) is 9.47 Å². The van der Waals surface area contributed by atoms with Crippen molar-refractivity contribution in [2.75, 3.05) is 47.0 Å². The molecule has 0 saturated heterocycles. The summed E-state index contributed by atoms with van der Waals surface area (Å²) in [6.07, 6.45) is 1.90. The van der Waals surface area contributed by atoms with Crippen LogP contribution < -0.4 is 10.1 Å². The van der Waals surface area contributed by atoms with Crippen LogP contribution in [0.15, 0.2) is 36.9 Å². The molecule has 0 aliphatic carbocycles. The van der Waals surface area contributed by atoms with Gasteiger partial charge in [-0.25, -0.2) is 0 Å². The Labute approximate surface area is 122 Å². The van der Waals surface area contributed by atoms with Gasteiger partial charge >= 0.3 is 0 Å². The fourth-order valence-corrected chi connectivity index (χ4v) is 1.90. The second kappa shape index (κ2) is 10.4. The minimum atomic E-state index is 0.670. The summed E-state index contributed by atoms with van der Waals surface area (Å²) < 4.78 is 10.9. The zero-order valence-corrected chi connectivity index (χ0v) is 12.6. The maximum absolute atomic E-state index is 5.76. The fourth-order valence-electron chi connectivity index (χ4n) is 1.90. The zero-order chi connectivity index (χ0) is 14.6. The van der Waals surface area contributed by atoms with Gasteiger partial charge in [-0.05, 0) is 24.7 Å². The van der Waals surface area contributed by atoms with E-state index in [1.165, 1.54) is 5.56 Å². The monoisotopic (exact) mass is 278 g/mol. The van der Waals surface area contributed by atoms with E-state index in [0.717, 1.165) is 38.5 Å². The predicted octanol–water partition coefficient (Wildman–Crippen LogP) is 1.92. The van der Waals surface area contributed by atoms with Crippen molar-refractivity contribution in [1.82, 2.24) is 10.2 Å². The number of methoxy groups -OCH3 is 1. The molecule has 0 atom stereocenters. The second-order valence-corrected chi connectivity index (χ2v) is 4.60. The first kappa shape index (κ1) is 16.7. The smallest absolute Gasteiger partial charge is 0.119 e. The van der Waals surface area contributed by atoms with Gasteiger partial charge in [-0.15, -0.1) is 6.58 Å². The number of rotatable bonds is 11. The Morgan fingerprint density at radius 3 is 2.50 bits per heavy atom. The fraction of sp³-hybridized carbons (Fsp3) is 0.500. The van der Waals surface area contributed by atoms with Gasteiger partial charge < -0.3 is 14.8 Å². The molecule has 0 fully saturated rings. The van der Waals surface area contributed by atoms with Crippen LogP contribution >= 0.6 is 0 Å². The molecule has 20 heavy (non-hydrogen) atoms. The third-order valence-corrected chi connectivity index (χ3v) is 2.98. The lowest BCUT2D eigenvalue weighted by atomic mass is 10.2. The van der Waals surface area contributed by atoms with Crippen molar-refractivity contribution in [3.63, 3.8) is 0 Å². The molecular formula is C16H26N2O2. The van der Waals surface area contributed by atoms with Crippen LogP contribution in [0.5, 0.6) is 5.75 Å². The van der Waals surface area contributed by atoms with Crippen LogP contribution in [0.4, 0.5) is 0 Å². The minimum Gasteiger partial charge on any atom is -0.492 e. The molecule has 0 bridgehead atoms. The van der Waals surface area contributed by atoms with Crippen molar-refractivity contribution in [1.29, 1.82) is 0 Å². The van der Waals surface area contributed by atoms with Crippen LogP contribution in [0.3, 0.4) is 0 Å². The third kappa shape index (κ3) is 6.70. The summed E-state index contributed by atoms with van der Waals surface area (Å²) in [7, 11) is 3.66. The normalized spacial score (nSPS) is 10.8. The molecule has 4 heteroatoms. The number of hydrogen-bond donors (Lipinski definition) is 1. The van der Waals surface area contributed by atoms with Gasteiger partial charge in [0.15, 0.2) is 0 Å². The van der Waals surface area contributed by atoms with Crippen LogP contribution in [-0.2, 0) is 11.3 Å². The average Bonchev–Trinajstić information content (AvgIpc) is 2.47. The van der Waals surface area contributed by atoms with E-state index in [-0.39, 0.29) is 0 Å². The molecule has 0 heterocycles. The van der Waals surface area contributed by atoms with E-state index < -0.39 is 0 Å². The number of nitrogens with zero attached hydrogens (tertiary/aromatic N) is 1. The van der Waals surface area contributed by atoms with Gasteiger partial charge in [-0.3, -0.25) is 4.90 Å². The van der Waals surface area contributed by atoms with Crippen LogP contribution in [0.2, 0.25) is 0 Å². The van der Waals surface area contributed by atoms with Gasteiger partial charge in [0.2, 0.25) is 0 Å². The van der Waals surface area contributed by atoms with Gasteiger partial charge in [0, 0.05) is 33.3 Å². The first-order valence-corrected chi connectivity index (χ1v) is 6.98. The largest absolute Gasteiger partial charge is 0.492 e. The summed E-state index contributed by atoms with van der Waals surface area (Å²) in [4.78, 5) is 2.26. The molecule has 0 aliphatic heterocycles. The third-order valence-electron chi connectivity index (χ3n) is 2.98. The van der Waals surface area contributed by atoms with Gasteiger partial charge in [0.05, 0.1) is 6.61 Å². The van der Waals surface area contributed by atoms with Gasteiger partial charge in [-0.2, -0.15) is 0 Å². The van der Waals surface area contributed by atoms with E-state index in [1.54, 1.807) is 7.11 Å². The van der Waals surface area contributed by atoms with Gasteiger partial charge in [0.25, 0.3) is 0 Å². The highest BCUT2D eigenvalue weighted by atomic mass is 16.5. The van der Waals surface area contributed by atoms with Crippen molar-refractivity contribution in [2.45, 2.75) is 6.54 Å². The van der Waals surface area contributed by atoms with E-state index in [1.807, 2.05) is 25.3 Å². The van der Waals surface area contributed by atoms with Crippen molar-refractivity contribution in [3.8, 4) is 5.75 Å². The van der Waals surface area contributed by atoms with Crippen molar-refractivity contribution < 1.29 is 9.47 Å². The number of hydrogen-bond acceptors (Lipinski definition) is 4. The van der Waals surface area contributed by atoms with E-state index in [2.05, 4.69) is 28.9 Å². The molecule has 0 amide bonds. The molecule has 0 spiro atoms. The van der Waals surface area contributed by atoms with E-state index in [9.17, 15) is 0 Å². The molecule has 0 aromatic heterocycles. The lowest BCUT2D eigenvalue weighted by Gasteiger charge is -2.20. The Morgan fingerprint density at radius 2 is 1.90 bits per heavy atom. The van der Waals surface area contributed by atoms with E-state index >= 15 is 0 Å². The van der Waals surface area contributed by atoms with Gasteiger partial charge in [-0.1, -0.05) is 18.2 Å². The summed E-state index contributed by atoms with van der Waals surface area (Å²) in [5, 5.41) is 3.13. The summed E-state index contributed by atoms with van der Waals surface area (Å²) in [6.45, 7) is 8.67. The molecule has 0 radical (unpaired) electrons. The minimum absolute atomic E-state index is 0.670. The Bertz CT molecular complexity index is 365. The van der Waals surface area contributed by atoms with E-state index in [0.29, 0.717) is 6.61 Å². The average molecular weight is 278 g/mol. The van der Waals surface area contributed by atoms with Gasteiger partial charge in [0.1, 0.15) is 12.4 Å². The maximum Gasteiger partial charge on any atom is 0.119 e. The Morgan fingerprint density at radius 1 is 1.20 bits per heavy atom. The Balaban J connectivity index is 2.31. The maximum atomic E-state index is 5.76. The Hall–Kier alpha value is -1.36. The highest BCUT2D eigenvalue weighted by molar-refractivity contribution is 5.27. The summed E-state index contributed by atoms with van der Waals surface area (Å²) in [5.41, 5.74) is 1.26. The molecule has 1 N–H and O–H groups in total. The van der Waals surface area contributed by atoms with Crippen LogP contribution in [0, 0.1) is 0 Å². The summed E-state index contributed by atoms with van der Waals surface area (Å²) in [6, 6.07) is 8.19. The highest BCUT2D eigenvalue weighted by Crippen LogP contribution is 2.12. The molecule has 0 unspecified atom stereocenters. The first-order valence-electron chi connectivity index (χ1n) is 6.98. The predicted molar refractivity (Wildman–Crippen MR) is 83.2 cm³/mol. The first-order chi connectivity index (χ1) is 9.80.